The van der Waals surface area contributed by atoms with Crippen LogP contribution in [0.3, 0.4) is 0 Å². The second kappa shape index (κ2) is 8.84. The number of anilines is 1. The van der Waals surface area contributed by atoms with Crippen LogP contribution >= 0.6 is 11.6 Å². The molecular weight excluding hydrogens is 352 g/mol. The molecule has 2 aliphatic heterocycles. The lowest BCUT2D eigenvalue weighted by Gasteiger charge is -2.37. The van der Waals surface area contributed by atoms with Crippen molar-refractivity contribution in [1.29, 1.82) is 0 Å². The summed E-state index contributed by atoms with van der Waals surface area (Å²) in [7, 11) is 0. The minimum Gasteiger partial charge on any atom is -0.342 e. The van der Waals surface area contributed by atoms with Crippen LogP contribution in [-0.4, -0.2) is 78.4 Å². The van der Waals surface area contributed by atoms with Gasteiger partial charge in [-0.3, -0.25) is 19.4 Å². The van der Waals surface area contributed by atoms with Crippen LogP contribution in [0.5, 0.6) is 0 Å². The Hall–Kier alpha value is -1.63. The highest BCUT2D eigenvalue weighted by Gasteiger charge is 2.27. The highest BCUT2D eigenvalue weighted by molar-refractivity contribution is 6.30. The standard InChI is InChI=1S/C19H27ClN4O2/c1-15(19(26)21-17-6-4-5-16(20)13-17)23-11-9-22(10-12-23)14-18(25)24-7-2-3-8-24/h4-6,13,15H,2-3,7-12,14H2,1H3,(H,21,26). The Balaban J connectivity index is 1.44. The van der Waals surface area contributed by atoms with Gasteiger partial charge in [0.1, 0.15) is 0 Å². The summed E-state index contributed by atoms with van der Waals surface area (Å²) in [5.74, 6) is 0.205. The molecule has 1 aromatic rings. The number of carbonyl (C=O) groups excluding carboxylic acids is 2. The zero-order chi connectivity index (χ0) is 18.5. The molecule has 1 aromatic carbocycles. The van der Waals surface area contributed by atoms with Crippen LogP contribution in [0.15, 0.2) is 24.3 Å². The highest BCUT2D eigenvalue weighted by Crippen LogP contribution is 2.16. The topological polar surface area (TPSA) is 55.9 Å². The maximum atomic E-state index is 12.5. The van der Waals surface area contributed by atoms with Gasteiger partial charge in [0, 0.05) is 50.0 Å². The molecule has 1 unspecified atom stereocenters. The smallest absolute Gasteiger partial charge is 0.241 e. The van der Waals surface area contributed by atoms with Crippen molar-refractivity contribution in [2.45, 2.75) is 25.8 Å². The lowest BCUT2D eigenvalue weighted by molar-refractivity contribution is -0.132. The van der Waals surface area contributed by atoms with E-state index < -0.39 is 0 Å². The van der Waals surface area contributed by atoms with Crippen LogP contribution in [-0.2, 0) is 9.59 Å². The quantitative estimate of drug-likeness (QED) is 0.850. The first-order valence-corrected chi connectivity index (χ1v) is 9.71. The molecule has 7 heteroatoms. The molecular formula is C19H27ClN4O2. The van der Waals surface area contributed by atoms with Gasteiger partial charge < -0.3 is 10.2 Å². The van der Waals surface area contributed by atoms with E-state index in [1.807, 2.05) is 24.0 Å². The molecule has 2 saturated heterocycles. The number of hydrogen-bond acceptors (Lipinski definition) is 4. The lowest BCUT2D eigenvalue weighted by atomic mass is 10.2. The third-order valence-electron chi connectivity index (χ3n) is 5.24. The van der Waals surface area contributed by atoms with Gasteiger partial charge in [-0.1, -0.05) is 17.7 Å². The van der Waals surface area contributed by atoms with Gasteiger partial charge in [0.15, 0.2) is 0 Å². The number of hydrogen-bond donors (Lipinski definition) is 1. The normalized spacial score (nSPS) is 20.2. The Morgan fingerprint density at radius 3 is 2.46 bits per heavy atom. The molecule has 2 fully saturated rings. The highest BCUT2D eigenvalue weighted by atomic mass is 35.5. The molecule has 0 aliphatic carbocycles. The lowest BCUT2D eigenvalue weighted by Crippen LogP contribution is -2.54. The van der Waals surface area contributed by atoms with E-state index in [9.17, 15) is 9.59 Å². The van der Waals surface area contributed by atoms with Crippen molar-refractivity contribution < 1.29 is 9.59 Å². The van der Waals surface area contributed by atoms with Crippen molar-refractivity contribution in [1.82, 2.24) is 14.7 Å². The molecule has 26 heavy (non-hydrogen) atoms. The third-order valence-corrected chi connectivity index (χ3v) is 5.48. The van der Waals surface area contributed by atoms with Crippen molar-refractivity contribution in [2.75, 3.05) is 51.1 Å². The number of amides is 2. The van der Waals surface area contributed by atoms with E-state index in [1.165, 1.54) is 0 Å². The van der Waals surface area contributed by atoms with E-state index in [1.54, 1.807) is 12.1 Å². The Morgan fingerprint density at radius 1 is 1.12 bits per heavy atom. The first-order chi connectivity index (χ1) is 12.5. The summed E-state index contributed by atoms with van der Waals surface area (Å²) in [6, 6.07) is 6.96. The maximum absolute atomic E-state index is 12.5. The van der Waals surface area contributed by atoms with E-state index in [0.29, 0.717) is 17.3 Å². The van der Waals surface area contributed by atoms with Gasteiger partial charge in [0.25, 0.3) is 0 Å². The van der Waals surface area contributed by atoms with Crippen molar-refractivity contribution >= 4 is 29.1 Å². The number of piperazine rings is 1. The van der Waals surface area contributed by atoms with Gasteiger partial charge in [-0.25, -0.2) is 0 Å². The molecule has 0 aromatic heterocycles. The van der Waals surface area contributed by atoms with Crippen LogP contribution in [0.4, 0.5) is 5.69 Å². The molecule has 2 amide bonds. The van der Waals surface area contributed by atoms with Crippen molar-refractivity contribution in [3.8, 4) is 0 Å². The van der Waals surface area contributed by atoms with Gasteiger partial charge in [0.2, 0.25) is 11.8 Å². The van der Waals surface area contributed by atoms with Crippen LogP contribution in [0.2, 0.25) is 5.02 Å². The first kappa shape index (κ1) is 19.1. The molecule has 1 N–H and O–H groups in total. The fourth-order valence-electron chi connectivity index (χ4n) is 3.55. The average molecular weight is 379 g/mol. The first-order valence-electron chi connectivity index (χ1n) is 9.33. The number of benzene rings is 1. The van der Waals surface area contributed by atoms with Gasteiger partial charge >= 0.3 is 0 Å². The summed E-state index contributed by atoms with van der Waals surface area (Å²) in [4.78, 5) is 31.1. The monoisotopic (exact) mass is 378 g/mol. The van der Waals surface area contributed by atoms with Gasteiger partial charge in [-0.2, -0.15) is 0 Å². The fraction of sp³-hybridized carbons (Fsp3) is 0.579. The third kappa shape index (κ3) is 4.96. The zero-order valence-corrected chi connectivity index (χ0v) is 16.0. The average Bonchev–Trinajstić information content (AvgIpc) is 3.16. The summed E-state index contributed by atoms with van der Waals surface area (Å²) in [6.07, 6.45) is 2.25. The summed E-state index contributed by atoms with van der Waals surface area (Å²) < 4.78 is 0. The largest absolute Gasteiger partial charge is 0.342 e. The van der Waals surface area contributed by atoms with Crippen LogP contribution in [0.25, 0.3) is 0 Å². The van der Waals surface area contributed by atoms with Gasteiger partial charge in [-0.05, 0) is 38.0 Å². The molecule has 0 bridgehead atoms. The number of rotatable bonds is 5. The maximum Gasteiger partial charge on any atom is 0.241 e. The zero-order valence-electron chi connectivity index (χ0n) is 15.3. The molecule has 0 saturated carbocycles. The van der Waals surface area contributed by atoms with Crippen molar-refractivity contribution in [3.05, 3.63) is 29.3 Å². The Morgan fingerprint density at radius 2 is 1.81 bits per heavy atom. The molecule has 142 valence electrons. The van der Waals surface area contributed by atoms with Crippen LogP contribution in [0.1, 0.15) is 19.8 Å². The van der Waals surface area contributed by atoms with E-state index in [0.717, 1.165) is 52.1 Å². The van der Waals surface area contributed by atoms with Crippen molar-refractivity contribution in [3.63, 3.8) is 0 Å². The summed E-state index contributed by atoms with van der Waals surface area (Å²) in [5, 5.41) is 3.52. The molecule has 0 radical (unpaired) electrons. The molecule has 6 nitrogen and oxygen atoms in total. The number of halogens is 1. The fourth-order valence-corrected chi connectivity index (χ4v) is 3.74. The molecule has 2 heterocycles. The number of carbonyl (C=O) groups is 2. The van der Waals surface area contributed by atoms with Crippen molar-refractivity contribution in [2.24, 2.45) is 0 Å². The van der Waals surface area contributed by atoms with Gasteiger partial charge in [0.05, 0.1) is 12.6 Å². The second-order valence-electron chi connectivity index (χ2n) is 7.08. The SMILES string of the molecule is CC(C(=O)Nc1cccc(Cl)c1)N1CCN(CC(=O)N2CCCC2)CC1. The Bertz CT molecular complexity index is 640. The minimum atomic E-state index is -0.217. The predicted octanol–water partition coefficient (Wildman–Crippen LogP) is 1.91. The Labute approximate surface area is 160 Å². The summed E-state index contributed by atoms with van der Waals surface area (Å²) >= 11 is 5.96. The van der Waals surface area contributed by atoms with E-state index in [-0.39, 0.29) is 17.9 Å². The summed E-state index contributed by atoms with van der Waals surface area (Å²) in [6.45, 7) is 7.43. The van der Waals surface area contributed by atoms with Crippen LogP contribution in [0, 0.1) is 0 Å². The number of nitrogens with zero attached hydrogens (tertiary/aromatic N) is 3. The minimum absolute atomic E-state index is 0.0335. The number of nitrogens with one attached hydrogen (secondary N) is 1. The predicted molar refractivity (Wildman–Crippen MR) is 103 cm³/mol. The van der Waals surface area contributed by atoms with E-state index in [4.69, 9.17) is 11.6 Å². The Kier molecular flexibility index (Phi) is 6.51. The molecule has 0 spiro atoms. The van der Waals surface area contributed by atoms with Gasteiger partial charge in [-0.15, -0.1) is 0 Å². The van der Waals surface area contributed by atoms with E-state index in [2.05, 4.69) is 15.1 Å². The number of likely N-dealkylation sites (tertiary alicyclic amines) is 1. The second-order valence-corrected chi connectivity index (χ2v) is 7.51. The molecule has 3 rings (SSSR count). The van der Waals surface area contributed by atoms with Crippen LogP contribution < -0.4 is 5.32 Å². The molecule has 2 aliphatic rings. The summed E-state index contributed by atoms with van der Waals surface area (Å²) in [5.41, 5.74) is 0.712. The molecule has 1 atom stereocenters. The van der Waals surface area contributed by atoms with E-state index >= 15 is 0 Å².